The van der Waals surface area contributed by atoms with Gasteiger partial charge >= 0.3 is 11.9 Å². The molecule has 5 rings (SSSR count). The summed E-state index contributed by atoms with van der Waals surface area (Å²) in [6.07, 6.45) is 11.7. The van der Waals surface area contributed by atoms with Gasteiger partial charge in [-0.25, -0.2) is 4.79 Å². The SMILES string of the molecule is C[C@H](CCC(=O)NCC(=O)O)[C@H]1CC[C@H]2[C@@H]3[C@H](OC(=O)c4cccnc4)C[C@@H]4C[C@H](O)CC[C@]4(C)[C@H]3CC[C@]12C. The summed E-state index contributed by atoms with van der Waals surface area (Å²) >= 11 is 0. The lowest BCUT2D eigenvalue weighted by Crippen LogP contribution is -2.59. The molecule has 0 saturated heterocycles. The van der Waals surface area contributed by atoms with Crippen LogP contribution in [0.15, 0.2) is 24.5 Å². The monoisotopic (exact) mass is 554 g/mol. The van der Waals surface area contributed by atoms with E-state index in [1.165, 1.54) is 0 Å². The van der Waals surface area contributed by atoms with E-state index in [4.69, 9.17) is 9.84 Å². The topological polar surface area (TPSA) is 126 Å². The molecule has 1 amide bonds. The maximum atomic E-state index is 13.3. The second-order valence-corrected chi connectivity index (χ2v) is 13.8. The molecular formula is C32H46N2O6. The van der Waals surface area contributed by atoms with Gasteiger partial charge in [-0.05, 0) is 110 Å². The zero-order chi connectivity index (χ0) is 28.7. The van der Waals surface area contributed by atoms with Gasteiger partial charge in [-0.2, -0.15) is 0 Å². The minimum absolute atomic E-state index is 0.106. The Bertz CT molecular complexity index is 1100. The first-order chi connectivity index (χ1) is 19.0. The Balaban J connectivity index is 1.36. The molecule has 0 radical (unpaired) electrons. The van der Waals surface area contributed by atoms with Gasteiger partial charge in [0.05, 0.1) is 11.7 Å². The minimum atomic E-state index is -1.03. The zero-order valence-corrected chi connectivity index (χ0v) is 24.2. The Kier molecular flexibility index (Phi) is 8.29. The Morgan fingerprint density at radius 2 is 1.85 bits per heavy atom. The normalized spacial score (nSPS) is 39.2. The molecule has 8 nitrogen and oxygen atoms in total. The summed E-state index contributed by atoms with van der Waals surface area (Å²) in [6, 6.07) is 3.52. The van der Waals surface area contributed by atoms with Crippen molar-refractivity contribution < 1.29 is 29.3 Å². The third-order valence-electron chi connectivity index (χ3n) is 11.8. The molecule has 1 heterocycles. The highest BCUT2D eigenvalue weighted by atomic mass is 16.5. The number of hydrogen-bond donors (Lipinski definition) is 3. The number of rotatable bonds is 8. The quantitative estimate of drug-likeness (QED) is 0.392. The fourth-order valence-corrected chi connectivity index (χ4v) is 9.78. The van der Waals surface area contributed by atoms with Crippen molar-refractivity contribution in [2.24, 2.45) is 46.3 Å². The number of aliphatic hydroxyl groups excluding tert-OH is 1. The van der Waals surface area contributed by atoms with Gasteiger partial charge in [0.15, 0.2) is 0 Å². The first-order valence-electron chi connectivity index (χ1n) is 15.3. The Hall–Kier alpha value is -2.48. The van der Waals surface area contributed by atoms with Crippen molar-refractivity contribution in [3.05, 3.63) is 30.1 Å². The number of carbonyl (C=O) groups is 3. The number of fused-ring (bicyclic) bond motifs is 5. The number of carbonyl (C=O) groups excluding carboxylic acids is 2. The van der Waals surface area contributed by atoms with Crippen LogP contribution >= 0.6 is 0 Å². The second kappa shape index (κ2) is 11.4. The second-order valence-electron chi connectivity index (χ2n) is 13.8. The van der Waals surface area contributed by atoms with E-state index < -0.39 is 5.97 Å². The zero-order valence-electron chi connectivity index (χ0n) is 24.2. The maximum Gasteiger partial charge on any atom is 0.339 e. The molecule has 220 valence electrons. The van der Waals surface area contributed by atoms with Crippen molar-refractivity contribution >= 4 is 17.8 Å². The van der Waals surface area contributed by atoms with Gasteiger partial charge in [0.1, 0.15) is 12.6 Å². The summed E-state index contributed by atoms with van der Waals surface area (Å²) in [6.45, 7) is 6.78. The highest BCUT2D eigenvalue weighted by molar-refractivity contribution is 5.89. The Morgan fingerprint density at radius 1 is 1.10 bits per heavy atom. The average Bonchev–Trinajstić information content (AvgIpc) is 3.29. The van der Waals surface area contributed by atoms with Crippen LogP contribution in [-0.4, -0.2) is 51.8 Å². The van der Waals surface area contributed by atoms with Crippen molar-refractivity contribution in [2.45, 2.75) is 97.2 Å². The molecular weight excluding hydrogens is 508 g/mol. The third kappa shape index (κ3) is 5.40. The van der Waals surface area contributed by atoms with E-state index in [1.54, 1.807) is 24.5 Å². The van der Waals surface area contributed by atoms with E-state index in [1.807, 2.05) is 0 Å². The number of aliphatic carboxylic acids is 1. The van der Waals surface area contributed by atoms with Crippen LogP contribution in [0.25, 0.3) is 0 Å². The number of aliphatic hydroxyl groups is 1. The molecule has 0 unspecified atom stereocenters. The van der Waals surface area contributed by atoms with E-state index >= 15 is 0 Å². The smallest absolute Gasteiger partial charge is 0.339 e. The van der Waals surface area contributed by atoms with Crippen LogP contribution in [-0.2, 0) is 14.3 Å². The molecule has 0 bridgehead atoms. The lowest BCUT2D eigenvalue weighted by molar-refractivity contribution is -0.175. The summed E-state index contributed by atoms with van der Waals surface area (Å²) in [4.78, 5) is 40.4. The van der Waals surface area contributed by atoms with Crippen molar-refractivity contribution in [3.8, 4) is 0 Å². The van der Waals surface area contributed by atoms with Crippen LogP contribution in [0.4, 0.5) is 0 Å². The van der Waals surface area contributed by atoms with Crippen LogP contribution < -0.4 is 5.32 Å². The number of hydrogen-bond acceptors (Lipinski definition) is 6. The first-order valence-corrected chi connectivity index (χ1v) is 15.3. The highest BCUT2D eigenvalue weighted by Crippen LogP contribution is 2.68. The minimum Gasteiger partial charge on any atom is -0.480 e. The fraction of sp³-hybridized carbons (Fsp3) is 0.750. The number of esters is 1. The number of nitrogens with zero attached hydrogens (tertiary/aromatic N) is 1. The maximum absolute atomic E-state index is 13.3. The summed E-state index contributed by atoms with van der Waals surface area (Å²) in [5, 5.41) is 21.9. The number of carboxylic acids is 1. The largest absolute Gasteiger partial charge is 0.480 e. The number of ether oxygens (including phenoxy) is 1. The Morgan fingerprint density at radius 3 is 2.58 bits per heavy atom. The van der Waals surface area contributed by atoms with Gasteiger partial charge in [-0.1, -0.05) is 20.8 Å². The average molecular weight is 555 g/mol. The number of nitrogens with one attached hydrogen (secondary N) is 1. The molecule has 4 aliphatic carbocycles. The van der Waals surface area contributed by atoms with Crippen LogP contribution in [0.5, 0.6) is 0 Å². The number of carboxylic acid groups (broad SMARTS) is 1. The molecule has 10 atom stereocenters. The molecule has 1 aromatic heterocycles. The third-order valence-corrected chi connectivity index (χ3v) is 11.8. The van der Waals surface area contributed by atoms with E-state index in [0.717, 1.165) is 57.8 Å². The van der Waals surface area contributed by atoms with Crippen molar-refractivity contribution in [1.82, 2.24) is 10.3 Å². The first kappa shape index (κ1) is 29.0. The van der Waals surface area contributed by atoms with E-state index in [2.05, 4.69) is 31.1 Å². The van der Waals surface area contributed by atoms with E-state index in [9.17, 15) is 19.5 Å². The van der Waals surface area contributed by atoms with Crippen molar-refractivity contribution in [1.29, 1.82) is 0 Å². The molecule has 4 saturated carbocycles. The van der Waals surface area contributed by atoms with Crippen LogP contribution in [0.3, 0.4) is 0 Å². The van der Waals surface area contributed by atoms with Gasteiger partial charge in [0.2, 0.25) is 5.91 Å². The van der Waals surface area contributed by atoms with E-state index in [-0.39, 0.29) is 47.4 Å². The van der Waals surface area contributed by atoms with Gasteiger partial charge in [0.25, 0.3) is 0 Å². The highest BCUT2D eigenvalue weighted by Gasteiger charge is 2.63. The van der Waals surface area contributed by atoms with Crippen LogP contribution in [0.1, 0.15) is 95.3 Å². The molecule has 1 aromatic rings. The molecule has 0 aromatic carbocycles. The van der Waals surface area contributed by atoms with Gasteiger partial charge in [-0.15, -0.1) is 0 Å². The van der Waals surface area contributed by atoms with Gasteiger partial charge < -0.3 is 20.3 Å². The van der Waals surface area contributed by atoms with Crippen LogP contribution in [0.2, 0.25) is 0 Å². The number of pyridine rings is 1. The molecule has 8 heteroatoms. The predicted molar refractivity (Wildman–Crippen MR) is 149 cm³/mol. The fourth-order valence-electron chi connectivity index (χ4n) is 9.78. The van der Waals surface area contributed by atoms with Crippen molar-refractivity contribution in [3.63, 3.8) is 0 Å². The number of aromatic nitrogens is 1. The Labute approximate surface area is 237 Å². The van der Waals surface area contributed by atoms with Crippen molar-refractivity contribution in [2.75, 3.05) is 6.54 Å². The molecule has 0 aliphatic heterocycles. The van der Waals surface area contributed by atoms with Gasteiger partial charge in [0, 0.05) is 24.7 Å². The van der Waals surface area contributed by atoms with E-state index in [0.29, 0.717) is 41.6 Å². The molecule has 4 aliphatic rings. The molecule has 3 N–H and O–H groups in total. The predicted octanol–water partition coefficient (Wildman–Crippen LogP) is 4.85. The summed E-state index contributed by atoms with van der Waals surface area (Å²) in [5.41, 5.74) is 0.733. The lowest BCUT2D eigenvalue weighted by Gasteiger charge is -2.62. The summed E-state index contributed by atoms with van der Waals surface area (Å²) < 4.78 is 6.39. The molecule has 4 fully saturated rings. The molecule has 0 spiro atoms. The summed E-state index contributed by atoms with van der Waals surface area (Å²) in [5.74, 6) is 0.801. The lowest BCUT2D eigenvalue weighted by atomic mass is 9.43. The van der Waals surface area contributed by atoms with Crippen LogP contribution in [0, 0.1) is 46.3 Å². The summed E-state index contributed by atoms with van der Waals surface area (Å²) in [7, 11) is 0. The van der Waals surface area contributed by atoms with Gasteiger partial charge in [-0.3, -0.25) is 14.6 Å². The standard InChI is InChI=1S/C32H46N2O6/c1-19(6-9-27(36)34-18-28(37)38)23-7-8-24-29-25(11-13-32(23,24)3)31(2)12-10-22(35)15-21(31)16-26(29)40-30(39)20-5-4-14-33-17-20/h4-5,14,17,19,21-26,29,35H,6-13,15-16,18H2,1-3H3,(H,34,36)(H,37,38)/t19-,21+,22-,23-,24+,25+,26-,29+,31+,32-/m1/s1. The molecule has 40 heavy (non-hydrogen) atoms. The number of amides is 1.